The molecule has 0 heterocycles. The zero-order valence-electron chi connectivity index (χ0n) is 10.6. The molecule has 2 nitrogen and oxygen atoms in total. The molecule has 0 spiro atoms. The third kappa shape index (κ3) is 3.40. The lowest BCUT2D eigenvalue weighted by molar-refractivity contribution is 0.0441. The van der Waals surface area contributed by atoms with Crippen LogP contribution in [0.25, 0.3) is 0 Å². The predicted molar refractivity (Wildman–Crippen MR) is 68.3 cm³/mol. The van der Waals surface area contributed by atoms with Crippen LogP contribution in [0.15, 0.2) is 24.3 Å². The van der Waals surface area contributed by atoms with E-state index in [2.05, 4.69) is 6.92 Å². The van der Waals surface area contributed by atoms with Gasteiger partial charge in [0.25, 0.3) is 0 Å². The van der Waals surface area contributed by atoms with Gasteiger partial charge in [0.15, 0.2) is 5.78 Å². The molecular weight excluding hydrogens is 212 g/mol. The van der Waals surface area contributed by atoms with Gasteiger partial charge in [-0.15, -0.1) is 0 Å². The van der Waals surface area contributed by atoms with Gasteiger partial charge in [0.05, 0.1) is 6.61 Å². The molecule has 1 aliphatic rings. The lowest BCUT2D eigenvalue weighted by Gasteiger charge is -2.11. The van der Waals surface area contributed by atoms with Crippen LogP contribution in [-0.2, 0) is 11.2 Å². The van der Waals surface area contributed by atoms with E-state index >= 15 is 0 Å². The molecule has 17 heavy (non-hydrogen) atoms. The van der Waals surface area contributed by atoms with Crippen molar-refractivity contribution in [1.82, 2.24) is 0 Å². The van der Waals surface area contributed by atoms with Gasteiger partial charge in [0.2, 0.25) is 0 Å². The first kappa shape index (κ1) is 12.3. The second-order valence-corrected chi connectivity index (χ2v) is 4.83. The van der Waals surface area contributed by atoms with E-state index in [0.29, 0.717) is 5.92 Å². The van der Waals surface area contributed by atoms with Crippen LogP contribution in [0.2, 0.25) is 0 Å². The van der Waals surface area contributed by atoms with E-state index in [0.717, 1.165) is 18.6 Å². The highest BCUT2D eigenvalue weighted by Gasteiger charge is 2.24. The molecule has 1 aromatic carbocycles. The molecule has 0 bridgehead atoms. The number of aryl methyl sites for hydroxylation is 1. The van der Waals surface area contributed by atoms with E-state index < -0.39 is 0 Å². The van der Waals surface area contributed by atoms with Crippen molar-refractivity contribution in [2.45, 2.75) is 39.2 Å². The maximum Gasteiger partial charge on any atom is 0.191 e. The zero-order chi connectivity index (χ0) is 12.3. The highest BCUT2D eigenvalue weighted by molar-refractivity contribution is 5.99. The number of carbonyl (C=O) groups excluding carboxylic acids is 1. The van der Waals surface area contributed by atoms with Gasteiger partial charge in [-0.2, -0.15) is 0 Å². The number of ketones is 1. The second-order valence-electron chi connectivity index (χ2n) is 4.83. The van der Waals surface area contributed by atoms with Crippen molar-refractivity contribution in [1.29, 1.82) is 0 Å². The first-order valence-electron chi connectivity index (χ1n) is 6.45. The molecule has 2 heteroatoms. The number of hydrogen-bond donors (Lipinski definition) is 0. The van der Waals surface area contributed by atoms with E-state index in [-0.39, 0.29) is 11.9 Å². The van der Waals surface area contributed by atoms with Crippen LogP contribution in [0.3, 0.4) is 0 Å². The smallest absolute Gasteiger partial charge is 0.191 e. The molecule has 1 aliphatic carbocycles. The maximum atomic E-state index is 12.1. The summed E-state index contributed by atoms with van der Waals surface area (Å²) in [5.41, 5.74) is 2.01. The summed E-state index contributed by atoms with van der Waals surface area (Å²) < 4.78 is 5.59. The molecule has 2 rings (SSSR count). The Hall–Kier alpha value is -1.15. The van der Waals surface area contributed by atoms with Crippen LogP contribution in [0.5, 0.6) is 0 Å². The average Bonchev–Trinajstić information content (AvgIpc) is 3.19. The molecule has 0 N–H and O–H groups in total. The van der Waals surface area contributed by atoms with E-state index in [1.807, 2.05) is 31.2 Å². The molecule has 1 saturated carbocycles. The van der Waals surface area contributed by atoms with Crippen LogP contribution in [0, 0.1) is 5.92 Å². The molecule has 0 aromatic heterocycles. The third-order valence-corrected chi connectivity index (χ3v) is 3.29. The number of carbonyl (C=O) groups is 1. The van der Waals surface area contributed by atoms with Crippen molar-refractivity contribution in [2.24, 2.45) is 5.92 Å². The third-order valence-electron chi connectivity index (χ3n) is 3.29. The molecule has 0 radical (unpaired) electrons. The number of hydrogen-bond acceptors (Lipinski definition) is 2. The Morgan fingerprint density at radius 1 is 1.35 bits per heavy atom. The molecule has 1 fully saturated rings. The Labute approximate surface area is 103 Å². The molecule has 92 valence electrons. The number of rotatable bonds is 6. The van der Waals surface area contributed by atoms with Gasteiger partial charge in [-0.05, 0) is 37.7 Å². The van der Waals surface area contributed by atoms with Crippen LogP contribution in [0.1, 0.15) is 42.6 Å². The van der Waals surface area contributed by atoms with Crippen LogP contribution >= 0.6 is 0 Å². The summed E-state index contributed by atoms with van der Waals surface area (Å²) in [6.45, 7) is 4.69. The van der Waals surface area contributed by atoms with Crippen LogP contribution < -0.4 is 0 Å². The minimum atomic E-state index is -0.317. The first-order valence-corrected chi connectivity index (χ1v) is 6.45. The standard InChI is InChI=1S/C15H20O2/c1-3-12-6-8-14(9-7-12)15(16)11(2)17-10-13-4-5-13/h6-9,11,13H,3-5,10H2,1-2H3. The summed E-state index contributed by atoms with van der Waals surface area (Å²) in [6, 6.07) is 7.83. The topological polar surface area (TPSA) is 26.3 Å². The fourth-order valence-corrected chi connectivity index (χ4v) is 1.78. The van der Waals surface area contributed by atoms with Gasteiger partial charge in [0, 0.05) is 5.56 Å². The Bertz CT molecular complexity index is 376. The van der Waals surface area contributed by atoms with Crippen molar-refractivity contribution >= 4 is 5.78 Å². The molecular formula is C15H20O2. The van der Waals surface area contributed by atoms with Crippen molar-refractivity contribution in [2.75, 3.05) is 6.61 Å². The lowest BCUT2D eigenvalue weighted by Crippen LogP contribution is -2.21. The average molecular weight is 232 g/mol. The quantitative estimate of drug-likeness (QED) is 0.704. The fourth-order valence-electron chi connectivity index (χ4n) is 1.78. The summed E-state index contributed by atoms with van der Waals surface area (Å²) in [5.74, 6) is 0.793. The van der Waals surface area contributed by atoms with Crippen molar-refractivity contribution < 1.29 is 9.53 Å². The predicted octanol–water partition coefficient (Wildman–Crippen LogP) is 3.25. The van der Waals surface area contributed by atoms with Gasteiger partial charge in [-0.25, -0.2) is 0 Å². The Morgan fingerprint density at radius 2 is 2.00 bits per heavy atom. The highest BCUT2D eigenvalue weighted by atomic mass is 16.5. The second kappa shape index (κ2) is 5.46. The Kier molecular flexibility index (Phi) is 3.95. The first-order chi connectivity index (χ1) is 8.20. The minimum Gasteiger partial charge on any atom is -0.370 e. The van der Waals surface area contributed by atoms with Crippen molar-refractivity contribution in [3.05, 3.63) is 35.4 Å². The summed E-state index contributed by atoms with van der Waals surface area (Å²) in [4.78, 5) is 12.1. The zero-order valence-corrected chi connectivity index (χ0v) is 10.6. The normalized spacial score (nSPS) is 16.8. The van der Waals surface area contributed by atoms with E-state index in [4.69, 9.17) is 4.74 Å². The largest absolute Gasteiger partial charge is 0.370 e. The number of benzene rings is 1. The summed E-state index contributed by atoms with van der Waals surface area (Å²) in [6.07, 6.45) is 3.20. The monoisotopic (exact) mass is 232 g/mol. The summed E-state index contributed by atoms with van der Waals surface area (Å²) >= 11 is 0. The maximum absolute atomic E-state index is 12.1. The molecule has 1 unspecified atom stereocenters. The summed E-state index contributed by atoms with van der Waals surface area (Å²) in [5, 5.41) is 0. The van der Waals surface area contributed by atoms with Crippen LogP contribution in [0.4, 0.5) is 0 Å². The SMILES string of the molecule is CCc1ccc(C(=O)C(C)OCC2CC2)cc1. The number of ether oxygens (including phenoxy) is 1. The van der Waals surface area contributed by atoms with E-state index in [1.54, 1.807) is 0 Å². The van der Waals surface area contributed by atoms with Gasteiger partial charge in [-0.1, -0.05) is 31.2 Å². The molecule has 1 atom stereocenters. The van der Waals surface area contributed by atoms with Gasteiger partial charge in [0.1, 0.15) is 6.10 Å². The minimum absolute atomic E-state index is 0.0910. The van der Waals surface area contributed by atoms with Gasteiger partial charge < -0.3 is 4.74 Å². The molecule has 1 aromatic rings. The fraction of sp³-hybridized carbons (Fsp3) is 0.533. The molecule has 0 aliphatic heterocycles. The Balaban J connectivity index is 1.91. The van der Waals surface area contributed by atoms with Gasteiger partial charge >= 0.3 is 0 Å². The van der Waals surface area contributed by atoms with E-state index in [9.17, 15) is 4.79 Å². The number of Topliss-reactive ketones (excluding diaryl/α,β-unsaturated/α-hetero) is 1. The Morgan fingerprint density at radius 3 is 2.53 bits per heavy atom. The van der Waals surface area contributed by atoms with Crippen molar-refractivity contribution in [3.8, 4) is 0 Å². The van der Waals surface area contributed by atoms with Gasteiger partial charge in [-0.3, -0.25) is 4.79 Å². The van der Waals surface area contributed by atoms with E-state index in [1.165, 1.54) is 18.4 Å². The van der Waals surface area contributed by atoms with Crippen molar-refractivity contribution in [3.63, 3.8) is 0 Å². The lowest BCUT2D eigenvalue weighted by atomic mass is 10.0. The highest BCUT2D eigenvalue weighted by Crippen LogP contribution is 2.29. The summed E-state index contributed by atoms with van der Waals surface area (Å²) in [7, 11) is 0. The van der Waals surface area contributed by atoms with Crippen LogP contribution in [-0.4, -0.2) is 18.5 Å². The molecule has 0 amide bonds. The molecule has 0 saturated heterocycles.